The number of furan rings is 1. The smallest absolute Gasteiger partial charge is 0.236 e. The number of rotatable bonds is 8. The topological polar surface area (TPSA) is 98.3 Å². The Morgan fingerprint density at radius 3 is 2.84 bits per heavy atom. The molecule has 2 atom stereocenters. The van der Waals surface area contributed by atoms with Crippen LogP contribution in [0.2, 0.25) is 0 Å². The fourth-order valence-corrected chi connectivity index (χ4v) is 5.15. The summed E-state index contributed by atoms with van der Waals surface area (Å²) in [5.41, 5.74) is 0.961. The largest absolute Gasteiger partial charge is 0.461 e. The van der Waals surface area contributed by atoms with Gasteiger partial charge in [-0.15, -0.1) is 21.5 Å². The Kier molecular flexibility index (Phi) is 7.06. The van der Waals surface area contributed by atoms with Crippen LogP contribution < -0.4 is 5.32 Å². The molecule has 0 aromatic carbocycles. The number of anilines is 1. The molecule has 0 saturated carbocycles. The van der Waals surface area contributed by atoms with E-state index in [0.717, 1.165) is 25.3 Å². The summed E-state index contributed by atoms with van der Waals surface area (Å²) in [6.45, 7) is 9.40. The van der Waals surface area contributed by atoms with Crippen LogP contribution in [0.4, 0.5) is 5.13 Å². The molecular formula is C20H26N6O3S2. The summed E-state index contributed by atoms with van der Waals surface area (Å²) < 4.78 is 13.1. The number of carbonyl (C=O) groups is 1. The number of carbonyl (C=O) groups excluding carboxylic acids is 1. The normalized spacial score (nSPS) is 19.6. The van der Waals surface area contributed by atoms with Gasteiger partial charge in [-0.2, -0.15) is 0 Å². The van der Waals surface area contributed by atoms with E-state index >= 15 is 0 Å². The molecule has 1 fully saturated rings. The Morgan fingerprint density at radius 2 is 2.13 bits per heavy atom. The van der Waals surface area contributed by atoms with Crippen molar-refractivity contribution in [3.63, 3.8) is 0 Å². The molecule has 3 aromatic rings. The average molecular weight is 463 g/mol. The van der Waals surface area contributed by atoms with E-state index in [2.05, 4.69) is 39.2 Å². The molecule has 166 valence electrons. The number of thioether (sulfide) groups is 1. The second-order valence-electron chi connectivity index (χ2n) is 7.46. The summed E-state index contributed by atoms with van der Waals surface area (Å²) in [7, 11) is 0. The van der Waals surface area contributed by atoms with E-state index in [0.29, 0.717) is 28.4 Å². The third-order valence-corrected chi connectivity index (χ3v) is 6.56. The lowest BCUT2D eigenvalue weighted by Gasteiger charge is -2.34. The van der Waals surface area contributed by atoms with Crippen LogP contribution in [0.1, 0.15) is 26.5 Å². The Hall–Kier alpha value is -2.21. The second kappa shape index (κ2) is 9.94. The van der Waals surface area contributed by atoms with E-state index in [1.807, 2.05) is 29.0 Å². The Morgan fingerprint density at radius 1 is 1.32 bits per heavy atom. The highest BCUT2D eigenvalue weighted by Gasteiger charge is 2.23. The van der Waals surface area contributed by atoms with Gasteiger partial charge in [0.05, 0.1) is 29.9 Å². The first-order valence-electron chi connectivity index (χ1n) is 10.2. The van der Waals surface area contributed by atoms with Crippen LogP contribution in [0.25, 0.3) is 11.6 Å². The van der Waals surface area contributed by atoms with Crippen molar-refractivity contribution in [1.82, 2.24) is 24.6 Å². The number of thiazole rings is 1. The van der Waals surface area contributed by atoms with Crippen LogP contribution in [0.3, 0.4) is 0 Å². The van der Waals surface area contributed by atoms with Gasteiger partial charge < -0.3 is 14.5 Å². The van der Waals surface area contributed by atoms with Crippen LogP contribution in [0.5, 0.6) is 0 Å². The van der Waals surface area contributed by atoms with Gasteiger partial charge in [-0.05, 0) is 32.9 Å². The number of hydrogen-bond acceptors (Lipinski definition) is 9. The number of aromatic nitrogens is 4. The van der Waals surface area contributed by atoms with E-state index in [-0.39, 0.29) is 23.9 Å². The summed E-state index contributed by atoms with van der Waals surface area (Å²) in [5.74, 6) is 1.42. The first-order chi connectivity index (χ1) is 15.0. The predicted molar refractivity (Wildman–Crippen MR) is 120 cm³/mol. The molecule has 31 heavy (non-hydrogen) atoms. The maximum atomic E-state index is 12.4. The zero-order chi connectivity index (χ0) is 21.8. The number of amides is 1. The van der Waals surface area contributed by atoms with Crippen LogP contribution in [-0.2, 0) is 22.6 Å². The number of morpholine rings is 1. The molecule has 0 radical (unpaired) electrons. The fourth-order valence-electron chi connectivity index (χ4n) is 3.63. The molecule has 9 nitrogen and oxygen atoms in total. The average Bonchev–Trinajstić information content (AvgIpc) is 3.46. The standard InChI is InChI=1S/C20H26N6O3S2/c1-4-26-18(16-6-5-7-28-16)23-24-20(26)31-12-17(27)22-19-21-15(11-30-19)10-25-8-13(2)29-14(3)9-25/h5-7,11,13-14H,4,8-10,12H2,1-3H3,(H,21,22,27). The predicted octanol–water partition coefficient (Wildman–Crippen LogP) is 3.35. The molecule has 1 saturated heterocycles. The van der Waals surface area contributed by atoms with E-state index in [1.54, 1.807) is 6.26 Å². The highest BCUT2D eigenvalue weighted by Crippen LogP contribution is 2.25. The maximum Gasteiger partial charge on any atom is 0.236 e. The monoisotopic (exact) mass is 462 g/mol. The molecule has 0 aliphatic carbocycles. The minimum Gasteiger partial charge on any atom is -0.461 e. The number of ether oxygens (including phenoxy) is 1. The summed E-state index contributed by atoms with van der Waals surface area (Å²) in [6.07, 6.45) is 2.04. The summed E-state index contributed by atoms with van der Waals surface area (Å²) in [6, 6.07) is 3.66. The van der Waals surface area contributed by atoms with Crippen molar-refractivity contribution < 1.29 is 13.9 Å². The molecule has 11 heteroatoms. The molecule has 1 amide bonds. The lowest BCUT2D eigenvalue weighted by molar-refractivity contribution is -0.113. The second-order valence-corrected chi connectivity index (χ2v) is 9.26. The molecule has 1 N–H and O–H groups in total. The van der Waals surface area contributed by atoms with Crippen LogP contribution >= 0.6 is 23.1 Å². The van der Waals surface area contributed by atoms with Gasteiger partial charge in [-0.1, -0.05) is 11.8 Å². The first kappa shape index (κ1) is 22.0. The van der Waals surface area contributed by atoms with Gasteiger partial charge in [0.15, 0.2) is 21.9 Å². The molecule has 1 aliphatic heterocycles. The zero-order valence-electron chi connectivity index (χ0n) is 17.8. The zero-order valence-corrected chi connectivity index (χ0v) is 19.4. The van der Waals surface area contributed by atoms with Gasteiger partial charge >= 0.3 is 0 Å². The summed E-state index contributed by atoms with van der Waals surface area (Å²) in [5, 5.41) is 14.6. The third kappa shape index (κ3) is 5.53. The third-order valence-electron chi connectivity index (χ3n) is 4.79. The number of nitrogens with one attached hydrogen (secondary N) is 1. The Labute approximate surface area is 189 Å². The van der Waals surface area contributed by atoms with Crippen LogP contribution in [0, 0.1) is 0 Å². The lowest BCUT2D eigenvalue weighted by Crippen LogP contribution is -2.44. The SMILES string of the molecule is CCn1c(SCC(=O)Nc2nc(CN3CC(C)OC(C)C3)cs2)nnc1-c1ccco1. The molecule has 4 heterocycles. The van der Waals surface area contributed by atoms with Crippen molar-refractivity contribution in [3.8, 4) is 11.6 Å². The molecule has 0 spiro atoms. The van der Waals surface area contributed by atoms with Gasteiger partial charge in [-0.25, -0.2) is 4.98 Å². The number of hydrogen-bond donors (Lipinski definition) is 1. The Bertz CT molecular complexity index is 993. The van der Waals surface area contributed by atoms with Crippen molar-refractivity contribution in [3.05, 3.63) is 29.5 Å². The summed E-state index contributed by atoms with van der Waals surface area (Å²) >= 11 is 2.79. The molecule has 4 rings (SSSR count). The molecular weight excluding hydrogens is 436 g/mol. The van der Waals surface area contributed by atoms with Crippen molar-refractivity contribution >= 4 is 34.1 Å². The molecule has 1 aliphatic rings. The fraction of sp³-hybridized carbons (Fsp3) is 0.500. The maximum absolute atomic E-state index is 12.4. The first-order valence-corrected chi connectivity index (χ1v) is 12.1. The van der Waals surface area contributed by atoms with Gasteiger partial charge in [0, 0.05) is 31.6 Å². The van der Waals surface area contributed by atoms with Crippen molar-refractivity contribution in [1.29, 1.82) is 0 Å². The van der Waals surface area contributed by atoms with E-state index in [4.69, 9.17) is 9.15 Å². The van der Waals surface area contributed by atoms with E-state index in [9.17, 15) is 4.79 Å². The van der Waals surface area contributed by atoms with E-state index in [1.165, 1.54) is 23.1 Å². The number of nitrogens with zero attached hydrogens (tertiary/aromatic N) is 5. The minimum atomic E-state index is -0.121. The van der Waals surface area contributed by atoms with Crippen molar-refractivity contribution in [2.45, 2.75) is 51.2 Å². The molecule has 3 aromatic heterocycles. The van der Waals surface area contributed by atoms with Gasteiger partial charge in [0.25, 0.3) is 0 Å². The van der Waals surface area contributed by atoms with Crippen molar-refractivity contribution in [2.75, 3.05) is 24.2 Å². The van der Waals surface area contributed by atoms with Crippen LogP contribution in [-0.4, -0.2) is 61.6 Å². The van der Waals surface area contributed by atoms with Gasteiger partial charge in [-0.3, -0.25) is 14.3 Å². The lowest BCUT2D eigenvalue weighted by atomic mass is 10.2. The Balaban J connectivity index is 1.30. The van der Waals surface area contributed by atoms with Crippen molar-refractivity contribution in [2.24, 2.45) is 0 Å². The minimum absolute atomic E-state index is 0.121. The quantitative estimate of drug-likeness (QED) is 0.509. The summed E-state index contributed by atoms with van der Waals surface area (Å²) in [4.78, 5) is 19.3. The van der Waals surface area contributed by atoms with Crippen LogP contribution in [0.15, 0.2) is 33.3 Å². The highest BCUT2D eigenvalue weighted by atomic mass is 32.2. The van der Waals surface area contributed by atoms with Gasteiger partial charge in [0.2, 0.25) is 5.91 Å². The van der Waals surface area contributed by atoms with Gasteiger partial charge in [0.1, 0.15) is 0 Å². The van der Waals surface area contributed by atoms with E-state index < -0.39 is 0 Å². The molecule has 2 unspecified atom stereocenters. The molecule has 0 bridgehead atoms. The highest BCUT2D eigenvalue weighted by molar-refractivity contribution is 7.99.